The maximum atomic E-state index is 12.4. The van der Waals surface area contributed by atoms with E-state index < -0.39 is 10.8 Å². The molecule has 2 aromatic carbocycles. The number of imidazole rings is 1. The molecule has 0 radical (unpaired) electrons. The first-order chi connectivity index (χ1) is 13.4. The first-order valence-electron chi connectivity index (χ1n) is 8.21. The van der Waals surface area contributed by atoms with Gasteiger partial charge in [-0.3, -0.25) is 19.3 Å². The number of halogens is 1. The van der Waals surface area contributed by atoms with Crippen LogP contribution in [0.1, 0.15) is 16.1 Å². The van der Waals surface area contributed by atoms with Crippen LogP contribution >= 0.6 is 22.9 Å². The van der Waals surface area contributed by atoms with Gasteiger partial charge in [0.15, 0.2) is 4.96 Å². The van der Waals surface area contributed by atoms with Crippen molar-refractivity contribution in [1.29, 1.82) is 0 Å². The number of nitrogens with one attached hydrogen (secondary N) is 1. The summed E-state index contributed by atoms with van der Waals surface area (Å²) in [6.45, 7) is 2.02. The quantitative estimate of drug-likeness (QED) is 0.369. The smallest absolute Gasteiger partial charge is 0.270 e. The Morgan fingerprint density at radius 2 is 2.00 bits per heavy atom. The van der Waals surface area contributed by atoms with Crippen molar-refractivity contribution >= 4 is 45.2 Å². The lowest BCUT2D eigenvalue weighted by molar-refractivity contribution is -0.384. The van der Waals surface area contributed by atoms with Crippen molar-refractivity contribution in [3.05, 3.63) is 80.4 Å². The Morgan fingerprint density at radius 1 is 1.25 bits per heavy atom. The number of fused-ring (bicyclic) bond motifs is 1. The van der Waals surface area contributed by atoms with Crippen molar-refractivity contribution in [2.75, 3.05) is 5.32 Å². The van der Waals surface area contributed by atoms with Crippen LogP contribution in [0.5, 0.6) is 0 Å². The number of hydrogen-bond donors (Lipinski definition) is 1. The zero-order valence-corrected chi connectivity index (χ0v) is 16.1. The highest BCUT2D eigenvalue weighted by atomic mass is 35.5. The van der Waals surface area contributed by atoms with Gasteiger partial charge in [0.25, 0.3) is 11.6 Å². The van der Waals surface area contributed by atoms with Crippen molar-refractivity contribution < 1.29 is 9.72 Å². The molecule has 4 aromatic rings. The maximum Gasteiger partial charge on any atom is 0.270 e. The summed E-state index contributed by atoms with van der Waals surface area (Å²) >= 11 is 7.59. The van der Waals surface area contributed by atoms with Crippen LogP contribution in [0, 0.1) is 17.0 Å². The van der Waals surface area contributed by atoms with Crippen LogP contribution in [0.4, 0.5) is 11.4 Å². The van der Waals surface area contributed by atoms with Gasteiger partial charge in [0.05, 0.1) is 21.2 Å². The van der Waals surface area contributed by atoms with Crippen molar-refractivity contribution in [1.82, 2.24) is 9.38 Å². The molecule has 0 saturated carbocycles. The van der Waals surface area contributed by atoms with E-state index in [2.05, 4.69) is 10.3 Å². The van der Waals surface area contributed by atoms with Gasteiger partial charge in [-0.2, -0.15) is 0 Å². The number of anilines is 1. The third-order valence-corrected chi connectivity index (χ3v) is 5.51. The Kier molecular flexibility index (Phi) is 4.58. The van der Waals surface area contributed by atoms with E-state index in [1.165, 1.54) is 12.1 Å². The number of thiazole rings is 1. The third-order valence-electron chi connectivity index (χ3n) is 4.24. The molecule has 2 aromatic heterocycles. The van der Waals surface area contributed by atoms with Crippen LogP contribution in [0.3, 0.4) is 0 Å². The molecule has 0 saturated heterocycles. The van der Waals surface area contributed by atoms with E-state index in [9.17, 15) is 14.9 Å². The number of nitrogens with zero attached hydrogens (tertiary/aromatic N) is 3. The van der Waals surface area contributed by atoms with Gasteiger partial charge in [0.2, 0.25) is 0 Å². The number of carbonyl (C=O) groups excluding carboxylic acids is 1. The van der Waals surface area contributed by atoms with Gasteiger partial charge in [0.1, 0.15) is 0 Å². The number of rotatable bonds is 4. The molecule has 0 aliphatic rings. The second-order valence-corrected chi connectivity index (χ2v) is 7.35. The summed E-state index contributed by atoms with van der Waals surface area (Å²) in [6, 6.07) is 11.0. The molecule has 7 nitrogen and oxygen atoms in total. The molecule has 0 atom stereocenters. The van der Waals surface area contributed by atoms with Crippen molar-refractivity contribution in [2.45, 2.75) is 6.92 Å². The normalized spacial score (nSPS) is 10.9. The number of aromatic nitrogens is 2. The SMILES string of the molecule is Cc1csc2nc(-c3ccc(NC(=O)c4ccc([N+](=O)[O-])cc4Cl)cc3)cn12. The fourth-order valence-corrected chi connectivity index (χ4v) is 3.87. The van der Waals surface area contributed by atoms with Gasteiger partial charge >= 0.3 is 0 Å². The van der Waals surface area contributed by atoms with E-state index in [0.717, 1.165) is 28.0 Å². The highest BCUT2D eigenvalue weighted by Crippen LogP contribution is 2.26. The summed E-state index contributed by atoms with van der Waals surface area (Å²) in [6.07, 6.45) is 1.98. The minimum Gasteiger partial charge on any atom is -0.322 e. The Hall–Kier alpha value is -3.23. The number of nitro benzene ring substituents is 1. The molecule has 0 fully saturated rings. The van der Waals surface area contributed by atoms with E-state index in [-0.39, 0.29) is 16.3 Å². The molecular formula is C19H13ClN4O3S. The molecule has 0 unspecified atom stereocenters. The number of hydrogen-bond acceptors (Lipinski definition) is 5. The molecule has 28 heavy (non-hydrogen) atoms. The van der Waals surface area contributed by atoms with Gasteiger partial charge in [0, 0.05) is 40.7 Å². The molecule has 9 heteroatoms. The van der Waals surface area contributed by atoms with Crippen molar-refractivity contribution in [3.8, 4) is 11.3 Å². The Labute approximate surface area is 168 Å². The summed E-state index contributed by atoms with van der Waals surface area (Å²) in [5.74, 6) is -0.439. The number of benzene rings is 2. The van der Waals surface area contributed by atoms with Crippen molar-refractivity contribution in [2.24, 2.45) is 0 Å². The number of carbonyl (C=O) groups is 1. The fourth-order valence-electron chi connectivity index (χ4n) is 2.76. The summed E-state index contributed by atoms with van der Waals surface area (Å²) in [5.41, 5.74) is 3.50. The number of nitro groups is 1. The highest BCUT2D eigenvalue weighted by molar-refractivity contribution is 7.15. The van der Waals surface area contributed by atoms with Crippen LogP contribution in [-0.4, -0.2) is 20.2 Å². The van der Waals surface area contributed by atoms with Crippen LogP contribution in [0.25, 0.3) is 16.2 Å². The number of aryl methyl sites for hydroxylation is 1. The summed E-state index contributed by atoms with van der Waals surface area (Å²) in [7, 11) is 0. The average molecular weight is 413 g/mol. The van der Waals surface area contributed by atoms with E-state index in [0.29, 0.717) is 5.69 Å². The standard InChI is InChI=1S/C19H13ClN4O3S/c1-11-10-28-19-22-17(9-23(11)19)12-2-4-13(5-3-12)21-18(25)15-7-6-14(24(26)27)8-16(15)20/h2-10H,1H3,(H,21,25). The first kappa shape index (κ1) is 18.1. The van der Waals surface area contributed by atoms with Crippen molar-refractivity contribution in [3.63, 3.8) is 0 Å². The molecule has 2 heterocycles. The average Bonchev–Trinajstić information content (AvgIpc) is 3.24. The topological polar surface area (TPSA) is 89.5 Å². The molecule has 140 valence electrons. The van der Waals surface area contributed by atoms with Crippen LogP contribution in [0.2, 0.25) is 5.02 Å². The van der Waals surface area contributed by atoms with Gasteiger partial charge in [-0.15, -0.1) is 11.3 Å². The van der Waals surface area contributed by atoms with E-state index in [4.69, 9.17) is 11.6 Å². The number of non-ortho nitro benzene ring substituents is 1. The molecule has 1 N–H and O–H groups in total. The van der Waals surface area contributed by atoms with E-state index in [1.54, 1.807) is 23.5 Å². The molecular weight excluding hydrogens is 400 g/mol. The second kappa shape index (κ2) is 7.06. The molecule has 0 bridgehead atoms. The highest BCUT2D eigenvalue weighted by Gasteiger charge is 2.15. The number of amides is 1. The molecule has 0 aliphatic carbocycles. The van der Waals surface area contributed by atoms with Gasteiger partial charge in [-0.25, -0.2) is 4.98 Å². The zero-order chi connectivity index (χ0) is 19.8. The van der Waals surface area contributed by atoms with E-state index in [1.807, 2.05) is 35.0 Å². The van der Waals surface area contributed by atoms with E-state index >= 15 is 0 Å². The lowest BCUT2D eigenvalue weighted by Crippen LogP contribution is -2.12. The van der Waals surface area contributed by atoms with Crippen LogP contribution < -0.4 is 5.32 Å². The lowest BCUT2D eigenvalue weighted by atomic mass is 10.1. The second-order valence-electron chi connectivity index (χ2n) is 6.11. The van der Waals surface area contributed by atoms with Gasteiger partial charge < -0.3 is 5.32 Å². The molecule has 0 spiro atoms. The minimum atomic E-state index is -0.562. The lowest BCUT2D eigenvalue weighted by Gasteiger charge is -2.07. The molecule has 4 rings (SSSR count). The largest absolute Gasteiger partial charge is 0.322 e. The Bertz CT molecular complexity index is 1210. The predicted molar refractivity (Wildman–Crippen MR) is 109 cm³/mol. The minimum absolute atomic E-state index is 0.0248. The van der Waals surface area contributed by atoms with Crippen LogP contribution in [0.15, 0.2) is 54.0 Å². The maximum absolute atomic E-state index is 12.4. The summed E-state index contributed by atoms with van der Waals surface area (Å²) in [5, 5.41) is 15.6. The predicted octanol–water partition coefficient (Wildman–Crippen LogP) is 5.19. The zero-order valence-electron chi connectivity index (χ0n) is 14.5. The van der Waals surface area contributed by atoms with Crippen LogP contribution in [-0.2, 0) is 0 Å². The third kappa shape index (κ3) is 3.35. The summed E-state index contributed by atoms with van der Waals surface area (Å²) in [4.78, 5) is 28.1. The monoisotopic (exact) mass is 412 g/mol. The van der Waals surface area contributed by atoms with Gasteiger partial charge in [-0.1, -0.05) is 23.7 Å². The molecule has 0 aliphatic heterocycles. The van der Waals surface area contributed by atoms with Gasteiger partial charge in [-0.05, 0) is 25.1 Å². The molecule has 1 amide bonds. The fraction of sp³-hybridized carbons (Fsp3) is 0.0526. The summed E-state index contributed by atoms with van der Waals surface area (Å²) < 4.78 is 2.03. The Morgan fingerprint density at radius 3 is 2.64 bits per heavy atom. The first-order valence-corrected chi connectivity index (χ1v) is 9.47. The Balaban J connectivity index is 1.52.